The van der Waals surface area contributed by atoms with Crippen LogP contribution in [0.1, 0.15) is 86.0 Å². The van der Waals surface area contributed by atoms with E-state index in [1.807, 2.05) is 12.1 Å². The van der Waals surface area contributed by atoms with Gasteiger partial charge in [-0.05, 0) is 41.0 Å². The molecule has 0 spiro atoms. The van der Waals surface area contributed by atoms with Crippen molar-refractivity contribution in [2.75, 3.05) is 0 Å². The highest BCUT2D eigenvalue weighted by Gasteiger charge is 2.33. The molecule has 0 bridgehead atoms. The summed E-state index contributed by atoms with van der Waals surface area (Å²) >= 11 is 7.44. The Bertz CT molecular complexity index is 833. The summed E-state index contributed by atoms with van der Waals surface area (Å²) in [6.45, 7) is 0. The van der Waals surface area contributed by atoms with E-state index in [1.165, 1.54) is 63.4 Å². The highest BCUT2D eigenvalue weighted by atomic mass is 35.5. The fourth-order valence-electron chi connectivity index (χ4n) is 4.96. The van der Waals surface area contributed by atoms with Gasteiger partial charge in [0.25, 0.3) is 0 Å². The van der Waals surface area contributed by atoms with Crippen molar-refractivity contribution in [3.05, 3.63) is 107 Å². The van der Waals surface area contributed by atoms with Crippen molar-refractivity contribution in [3.8, 4) is 0 Å². The number of rotatable bonds is 4. The van der Waals surface area contributed by atoms with Crippen LogP contribution < -0.4 is 0 Å². The van der Waals surface area contributed by atoms with Gasteiger partial charge in [-0.1, -0.05) is 130 Å². The minimum Gasteiger partial charge on any atom is -0.104 e. The fraction of sp³-hybridized carbons (Fsp3) is 0.379. The topological polar surface area (TPSA) is 0 Å². The summed E-state index contributed by atoms with van der Waals surface area (Å²) in [6, 6.07) is 30.1. The smallest absolute Gasteiger partial charge is 0.104 e. The predicted molar refractivity (Wildman–Crippen MR) is 129 cm³/mol. The van der Waals surface area contributed by atoms with Gasteiger partial charge >= 0.3 is 0 Å². The second kappa shape index (κ2) is 10.3. The van der Waals surface area contributed by atoms with Crippen LogP contribution in [0.3, 0.4) is 0 Å². The first kappa shape index (κ1) is 21.2. The van der Waals surface area contributed by atoms with Gasteiger partial charge in [-0.3, -0.25) is 0 Å². The molecule has 1 aliphatic carbocycles. The Kier molecular flexibility index (Phi) is 7.28. The van der Waals surface area contributed by atoms with Crippen LogP contribution in [0.15, 0.2) is 84.9 Å². The molecule has 3 aromatic carbocycles. The Morgan fingerprint density at radius 2 is 0.900 bits per heavy atom. The lowest BCUT2D eigenvalue weighted by atomic mass is 9.82. The molecule has 0 atom stereocenters. The summed E-state index contributed by atoms with van der Waals surface area (Å²) in [5.74, 6) is 0.690. The molecule has 0 nitrogen and oxygen atoms in total. The zero-order valence-corrected chi connectivity index (χ0v) is 18.7. The average molecular weight is 417 g/mol. The van der Waals surface area contributed by atoms with Crippen LogP contribution in [0.4, 0.5) is 0 Å². The molecule has 0 heterocycles. The maximum Gasteiger partial charge on any atom is 0.119 e. The summed E-state index contributed by atoms with van der Waals surface area (Å²) < 4.78 is 0. The molecule has 1 fully saturated rings. The largest absolute Gasteiger partial charge is 0.119 e. The normalized spacial score (nSPS) is 16.8. The van der Waals surface area contributed by atoms with Crippen LogP contribution in [0.5, 0.6) is 0 Å². The van der Waals surface area contributed by atoms with E-state index in [1.54, 1.807) is 0 Å². The molecule has 0 unspecified atom stereocenters. The highest BCUT2D eigenvalue weighted by molar-refractivity contribution is 6.28. The van der Waals surface area contributed by atoms with Gasteiger partial charge < -0.3 is 0 Å². The number of hydrogen-bond acceptors (Lipinski definition) is 0. The number of halogens is 1. The lowest BCUT2D eigenvalue weighted by Crippen LogP contribution is -2.22. The minimum atomic E-state index is -0.669. The van der Waals surface area contributed by atoms with Crippen LogP contribution in [-0.2, 0) is 4.87 Å². The van der Waals surface area contributed by atoms with E-state index < -0.39 is 4.87 Å². The molecule has 1 aliphatic rings. The Balaban J connectivity index is 1.64. The highest BCUT2D eigenvalue weighted by Crippen LogP contribution is 2.43. The zero-order chi connectivity index (χ0) is 20.7. The first-order valence-corrected chi connectivity index (χ1v) is 12.1. The average Bonchev–Trinajstić information content (AvgIpc) is 2.83. The lowest BCUT2D eigenvalue weighted by Gasteiger charge is -2.30. The summed E-state index contributed by atoms with van der Waals surface area (Å²) in [7, 11) is 0. The molecule has 30 heavy (non-hydrogen) atoms. The minimum absolute atomic E-state index is 0.669. The molecule has 0 aromatic heterocycles. The number of benzene rings is 3. The quantitative estimate of drug-likeness (QED) is 0.294. The van der Waals surface area contributed by atoms with Crippen LogP contribution in [-0.4, -0.2) is 0 Å². The number of alkyl halides is 1. The van der Waals surface area contributed by atoms with Crippen molar-refractivity contribution in [1.82, 2.24) is 0 Å². The third kappa shape index (κ3) is 4.81. The third-order valence-corrected chi connectivity index (χ3v) is 7.38. The monoisotopic (exact) mass is 416 g/mol. The van der Waals surface area contributed by atoms with Crippen LogP contribution in [0.2, 0.25) is 0 Å². The lowest BCUT2D eigenvalue weighted by molar-refractivity contribution is 0.462. The maximum absolute atomic E-state index is 7.44. The molecule has 0 aliphatic heterocycles. The molecule has 0 N–H and O–H groups in total. The van der Waals surface area contributed by atoms with Gasteiger partial charge in [0.2, 0.25) is 0 Å². The van der Waals surface area contributed by atoms with Gasteiger partial charge in [-0.2, -0.15) is 0 Å². The van der Waals surface area contributed by atoms with Gasteiger partial charge in [-0.25, -0.2) is 0 Å². The van der Waals surface area contributed by atoms with E-state index >= 15 is 0 Å². The Morgan fingerprint density at radius 1 is 0.500 bits per heavy atom. The van der Waals surface area contributed by atoms with E-state index in [9.17, 15) is 0 Å². The van der Waals surface area contributed by atoms with Crippen LogP contribution in [0.25, 0.3) is 0 Å². The SMILES string of the molecule is ClC(c1ccccc1)(c1ccccc1)c1ccc(C2CCCCCCCCC2)cc1. The molecule has 1 heteroatoms. The molecular formula is C29H33Cl. The Labute approximate surface area is 187 Å². The number of hydrogen-bond donors (Lipinski definition) is 0. The van der Waals surface area contributed by atoms with Gasteiger partial charge in [0.05, 0.1) is 0 Å². The molecule has 4 rings (SSSR count). The zero-order valence-electron chi connectivity index (χ0n) is 17.9. The van der Waals surface area contributed by atoms with Crippen molar-refractivity contribution in [2.45, 2.75) is 68.6 Å². The van der Waals surface area contributed by atoms with Crippen LogP contribution >= 0.6 is 11.6 Å². The fourth-order valence-corrected chi connectivity index (χ4v) is 5.34. The Morgan fingerprint density at radius 3 is 1.37 bits per heavy atom. The summed E-state index contributed by atoms with van der Waals surface area (Å²) in [5, 5.41) is 0. The molecule has 0 saturated heterocycles. The maximum atomic E-state index is 7.44. The van der Waals surface area contributed by atoms with E-state index in [-0.39, 0.29) is 0 Å². The predicted octanol–water partition coefficient (Wildman–Crippen LogP) is 8.83. The Hall–Kier alpha value is -2.05. The molecule has 3 aromatic rings. The van der Waals surface area contributed by atoms with Crippen molar-refractivity contribution in [3.63, 3.8) is 0 Å². The summed E-state index contributed by atoms with van der Waals surface area (Å²) in [5.41, 5.74) is 4.86. The molecule has 1 saturated carbocycles. The van der Waals surface area contributed by atoms with E-state index in [0.29, 0.717) is 5.92 Å². The van der Waals surface area contributed by atoms with Gasteiger partial charge in [-0.15, -0.1) is 11.6 Å². The van der Waals surface area contributed by atoms with Gasteiger partial charge in [0.15, 0.2) is 0 Å². The molecule has 156 valence electrons. The van der Waals surface area contributed by atoms with E-state index in [2.05, 4.69) is 72.8 Å². The van der Waals surface area contributed by atoms with Crippen LogP contribution in [0, 0.1) is 0 Å². The molecule has 0 radical (unpaired) electrons. The van der Waals surface area contributed by atoms with E-state index in [0.717, 1.165) is 16.7 Å². The van der Waals surface area contributed by atoms with E-state index in [4.69, 9.17) is 11.6 Å². The summed E-state index contributed by atoms with van der Waals surface area (Å²) in [6.07, 6.45) is 12.4. The van der Waals surface area contributed by atoms with Crippen molar-refractivity contribution < 1.29 is 0 Å². The van der Waals surface area contributed by atoms with Crippen molar-refractivity contribution in [1.29, 1.82) is 0 Å². The molecule has 0 amide bonds. The second-order valence-electron chi connectivity index (χ2n) is 8.76. The van der Waals surface area contributed by atoms with Crippen molar-refractivity contribution in [2.24, 2.45) is 0 Å². The van der Waals surface area contributed by atoms with Gasteiger partial charge in [0, 0.05) is 0 Å². The third-order valence-electron chi connectivity index (χ3n) is 6.73. The second-order valence-corrected chi connectivity index (χ2v) is 9.33. The first-order valence-electron chi connectivity index (χ1n) is 11.7. The first-order chi connectivity index (χ1) is 14.8. The van der Waals surface area contributed by atoms with Crippen molar-refractivity contribution >= 4 is 11.6 Å². The standard InChI is InChI=1S/C29H33Cl/c30-29(26-16-10-6-11-17-26,27-18-12-7-13-19-27)28-22-20-25(21-23-28)24-14-8-4-2-1-3-5-9-15-24/h6-7,10-13,16-24H,1-5,8-9,14-15H2. The van der Waals surface area contributed by atoms with Gasteiger partial charge in [0.1, 0.15) is 4.87 Å². The summed E-state index contributed by atoms with van der Waals surface area (Å²) in [4.78, 5) is -0.669. The molecular weight excluding hydrogens is 384 g/mol.